The highest BCUT2D eigenvalue weighted by Gasteiger charge is 2.56. The first kappa shape index (κ1) is 26.9. The minimum Gasteiger partial charge on any atom is -0.479 e. The second-order valence-electron chi connectivity index (χ2n) is 7.07. The van der Waals surface area contributed by atoms with Crippen molar-refractivity contribution in [1.29, 1.82) is 0 Å². The van der Waals surface area contributed by atoms with E-state index in [4.69, 9.17) is 20.1 Å². The molecule has 0 bridgehead atoms. The zero-order chi connectivity index (χ0) is 24.6. The Morgan fingerprint density at radius 2 is 1.66 bits per heavy atom. The molecule has 2 aliphatic rings. The molecule has 0 spiro atoms. The molecule has 186 valence electrons. The molecule has 0 saturated carbocycles. The molecule has 0 amide bonds. The third-order valence-electron chi connectivity index (χ3n) is 4.75. The van der Waals surface area contributed by atoms with Crippen LogP contribution in [0.4, 0.5) is 0 Å². The summed E-state index contributed by atoms with van der Waals surface area (Å²) in [6, 6.07) is 0. The summed E-state index contributed by atoms with van der Waals surface area (Å²) >= 11 is 0. The smallest absolute Gasteiger partial charge is 0.474 e. The van der Waals surface area contributed by atoms with Gasteiger partial charge in [-0.25, -0.2) is 14.2 Å². The van der Waals surface area contributed by atoms with Crippen LogP contribution in [0.1, 0.15) is 6.42 Å². The van der Waals surface area contributed by atoms with Gasteiger partial charge in [-0.3, -0.25) is 9.05 Å². The van der Waals surface area contributed by atoms with Crippen LogP contribution in [-0.4, -0.2) is 130 Å². The normalized spacial score (nSPS) is 43.2. The molecule has 2 aliphatic heterocycles. The number of carbonyl (C=O) groups is 2. The van der Waals surface area contributed by atoms with Gasteiger partial charge in [0, 0.05) is 6.42 Å². The molecule has 2 saturated heterocycles. The fraction of sp³-hybridized carbons (Fsp3) is 0.857. The highest BCUT2D eigenvalue weighted by molar-refractivity contribution is 7.47. The van der Waals surface area contributed by atoms with E-state index in [2.05, 4.69) is 13.8 Å². The molecule has 2 heterocycles. The average Bonchev–Trinajstić information content (AvgIpc) is 2.69. The van der Waals surface area contributed by atoms with E-state index >= 15 is 0 Å². The third kappa shape index (κ3) is 5.60. The number of phosphoric ester groups is 1. The third-order valence-corrected chi connectivity index (χ3v) is 5.76. The zero-order valence-corrected chi connectivity index (χ0v) is 16.8. The number of aliphatic carboxylic acids is 2. The van der Waals surface area contributed by atoms with Crippen molar-refractivity contribution in [2.24, 2.45) is 0 Å². The highest BCUT2D eigenvalue weighted by Crippen LogP contribution is 2.50. The molecule has 3 unspecified atom stereocenters. The molecule has 2 rings (SSSR count). The summed E-state index contributed by atoms with van der Waals surface area (Å²) in [4.78, 5) is 32.3. The Bertz CT molecular complexity index is 747. The summed E-state index contributed by atoms with van der Waals surface area (Å²) in [5.41, 5.74) is 0. The summed E-state index contributed by atoms with van der Waals surface area (Å²) in [5.74, 6) is -6.99. The minimum absolute atomic E-state index is 1.07. The fourth-order valence-electron chi connectivity index (χ4n) is 3.06. The van der Waals surface area contributed by atoms with Crippen molar-refractivity contribution in [2.45, 2.75) is 67.3 Å². The number of hydrogen-bond acceptors (Lipinski definition) is 14. The molecule has 0 aromatic rings. The number of ether oxygens (including phenoxy) is 2. The lowest BCUT2D eigenvalue weighted by Crippen LogP contribution is -2.62. The van der Waals surface area contributed by atoms with E-state index in [-0.39, 0.29) is 0 Å². The van der Waals surface area contributed by atoms with Crippen LogP contribution in [0.5, 0.6) is 0 Å². The first-order chi connectivity index (χ1) is 14.6. The molecule has 11 atom stereocenters. The van der Waals surface area contributed by atoms with Crippen molar-refractivity contribution < 1.29 is 83.5 Å². The van der Waals surface area contributed by atoms with Crippen LogP contribution >= 0.6 is 7.82 Å². The van der Waals surface area contributed by atoms with Gasteiger partial charge >= 0.3 is 19.8 Å². The molecule has 2 fully saturated rings. The van der Waals surface area contributed by atoms with Gasteiger partial charge in [-0.05, 0) is 0 Å². The van der Waals surface area contributed by atoms with E-state index in [0.717, 1.165) is 0 Å². The highest BCUT2D eigenvalue weighted by atomic mass is 31.2. The lowest BCUT2D eigenvalue weighted by Gasteiger charge is -2.43. The first-order valence-electron chi connectivity index (χ1n) is 8.86. The van der Waals surface area contributed by atoms with Crippen LogP contribution in [0.25, 0.3) is 0 Å². The molecule has 0 radical (unpaired) electrons. The van der Waals surface area contributed by atoms with Gasteiger partial charge in [-0.15, -0.1) is 0 Å². The van der Waals surface area contributed by atoms with Crippen molar-refractivity contribution in [3.05, 3.63) is 0 Å². The second kappa shape index (κ2) is 9.90. The van der Waals surface area contributed by atoms with Crippen molar-refractivity contribution in [3.8, 4) is 0 Å². The van der Waals surface area contributed by atoms with Crippen molar-refractivity contribution in [3.63, 3.8) is 0 Å². The van der Waals surface area contributed by atoms with Crippen LogP contribution in [0.3, 0.4) is 0 Å². The monoisotopic (exact) mass is 494 g/mol. The Hall–Kier alpha value is -1.31. The van der Waals surface area contributed by atoms with Crippen LogP contribution in [0, 0.1) is 0 Å². The Kier molecular flexibility index (Phi) is 8.33. The zero-order valence-electron chi connectivity index (χ0n) is 15.9. The predicted molar refractivity (Wildman–Crippen MR) is 91.3 cm³/mol. The number of phosphoric acid groups is 1. The predicted octanol–water partition coefficient (Wildman–Crippen LogP) is -5.34. The second-order valence-corrected chi connectivity index (χ2v) is 8.43. The number of aliphatic hydroxyl groups is 7. The molecular weight excluding hydrogens is 471 g/mol. The fourth-order valence-corrected chi connectivity index (χ4v) is 4.09. The Labute approximate surface area is 178 Å². The molecule has 0 aromatic heterocycles. The van der Waals surface area contributed by atoms with Crippen molar-refractivity contribution in [1.82, 2.24) is 0 Å². The van der Waals surface area contributed by atoms with Crippen LogP contribution < -0.4 is 0 Å². The van der Waals surface area contributed by atoms with E-state index in [1.807, 2.05) is 0 Å². The van der Waals surface area contributed by atoms with Crippen molar-refractivity contribution in [2.75, 3.05) is 6.61 Å². The van der Waals surface area contributed by atoms with Crippen molar-refractivity contribution >= 4 is 19.8 Å². The van der Waals surface area contributed by atoms with E-state index in [1.54, 1.807) is 0 Å². The van der Waals surface area contributed by atoms with Crippen LogP contribution in [-0.2, 0) is 32.7 Å². The number of rotatable bonds is 8. The molecule has 17 nitrogen and oxygen atoms in total. The first-order valence-corrected chi connectivity index (χ1v) is 10.4. The maximum Gasteiger partial charge on any atom is 0.474 e. The molecule has 0 aromatic carbocycles. The minimum atomic E-state index is -5.49. The number of carboxylic acid groups (broad SMARTS) is 2. The van der Waals surface area contributed by atoms with Crippen LogP contribution in [0.2, 0.25) is 0 Å². The summed E-state index contributed by atoms with van der Waals surface area (Å²) < 4.78 is 30.8. The summed E-state index contributed by atoms with van der Waals surface area (Å²) in [6.07, 6.45) is -20.4. The summed E-state index contributed by atoms with van der Waals surface area (Å²) in [7, 11) is -5.49. The molecule has 32 heavy (non-hydrogen) atoms. The van der Waals surface area contributed by atoms with Gasteiger partial charge in [0.15, 0.2) is 12.4 Å². The van der Waals surface area contributed by atoms with E-state index in [9.17, 15) is 49.7 Å². The molecule has 0 aliphatic carbocycles. The quantitative estimate of drug-likeness (QED) is 0.141. The van der Waals surface area contributed by atoms with E-state index < -0.39 is 93.7 Å². The standard InChI is InChI=1S/C14H23O17P/c15-2-3(16)9-5(17)4(1-14(25,29-9)13(23)24)30-32(26,27)31-12-8(20)6(18)7(19)10(28-12)11(21)22/h3-10,12,15-20,25H,1-2H2,(H,21,22)(H,23,24)(H,26,27)/t3-,4-,5-,6+,7-,8-,9-,10+,12?,14?/m1/s1. The maximum atomic E-state index is 12.4. The summed E-state index contributed by atoms with van der Waals surface area (Å²) in [6.45, 7) is -1.07. The lowest BCUT2D eigenvalue weighted by molar-refractivity contribution is -0.308. The largest absolute Gasteiger partial charge is 0.479 e. The molecular formula is C14H23O17P. The Morgan fingerprint density at radius 3 is 2.16 bits per heavy atom. The topological polar surface area (TPSA) is 290 Å². The Morgan fingerprint density at radius 1 is 1.06 bits per heavy atom. The molecule has 18 heteroatoms. The van der Waals surface area contributed by atoms with Gasteiger partial charge in [-0.1, -0.05) is 0 Å². The van der Waals surface area contributed by atoms with Gasteiger partial charge < -0.3 is 60.3 Å². The average molecular weight is 494 g/mol. The van der Waals surface area contributed by atoms with Gasteiger partial charge in [0.25, 0.3) is 5.79 Å². The van der Waals surface area contributed by atoms with E-state index in [0.29, 0.717) is 0 Å². The SMILES string of the molecule is O=C(O)[C@H]1OC(OP(=O)(O)O[C@@H]2CC(O)(C(=O)O)O[C@H]([C@H](O)CO)[C@@H]2O)[C@H](O)[C@@H](O)[C@H]1O. The maximum absolute atomic E-state index is 12.4. The van der Waals surface area contributed by atoms with Gasteiger partial charge in [0.1, 0.15) is 42.7 Å². The molecule has 10 N–H and O–H groups in total. The lowest BCUT2D eigenvalue weighted by atomic mass is 9.93. The van der Waals surface area contributed by atoms with Gasteiger partial charge in [0.2, 0.25) is 0 Å². The Balaban J connectivity index is 2.22. The van der Waals surface area contributed by atoms with Gasteiger partial charge in [0.05, 0.1) is 6.61 Å². The number of hydrogen-bond donors (Lipinski definition) is 10. The van der Waals surface area contributed by atoms with E-state index in [1.165, 1.54) is 0 Å². The number of carboxylic acids is 2. The number of aliphatic hydroxyl groups excluding tert-OH is 6. The van der Waals surface area contributed by atoms with Crippen LogP contribution in [0.15, 0.2) is 0 Å². The summed E-state index contributed by atoms with van der Waals surface area (Å²) in [5, 5.41) is 86.2. The van der Waals surface area contributed by atoms with Gasteiger partial charge in [-0.2, -0.15) is 0 Å².